The first-order chi connectivity index (χ1) is 8.57. The molecule has 1 aromatic rings. The van der Waals surface area contributed by atoms with Crippen LogP contribution in [0.3, 0.4) is 0 Å². The summed E-state index contributed by atoms with van der Waals surface area (Å²) in [5, 5.41) is 9.89. The van der Waals surface area contributed by atoms with Gasteiger partial charge < -0.3 is 15.4 Å². The Morgan fingerprint density at radius 2 is 1.94 bits per heavy atom. The largest absolute Gasteiger partial charge is 0.383 e. The molecule has 0 fully saturated rings. The number of hydrogen-bond acceptors (Lipinski definition) is 6. The van der Waals surface area contributed by atoms with Crippen LogP contribution in [0, 0.1) is 0 Å². The summed E-state index contributed by atoms with van der Waals surface area (Å²) in [4.78, 5) is 23.1. The number of nitrogens with one attached hydrogen (secondary N) is 2. The van der Waals surface area contributed by atoms with E-state index in [1.165, 1.54) is 14.1 Å². The number of nitrogens with zero attached hydrogens (tertiary/aromatic N) is 3. The molecular weight excluding hydrogens is 238 g/mol. The van der Waals surface area contributed by atoms with Gasteiger partial charge in [0.15, 0.2) is 0 Å². The molecule has 0 bridgehead atoms. The fourth-order valence-electron chi connectivity index (χ4n) is 1.38. The minimum Gasteiger partial charge on any atom is -0.383 e. The summed E-state index contributed by atoms with van der Waals surface area (Å²) in [6.45, 7) is 2.61. The molecule has 18 heavy (non-hydrogen) atoms. The Labute approximate surface area is 105 Å². The molecule has 0 atom stereocenters. The lowest BCUT2D eigenvalue weighted by Gasteiger charge is -2.08. The van der Waals surface area contributed by atoms with Crippen molar-refractivity contribution >= 4 is 5.82 Å². The van der Waals surface area contributed by atoms with Gasteiger partial charge in [0.05, 0.1) is 6.61 Å². The lowest BCUT2D eigenvalue weighted by atomic mass is 10.5. The number of ether oxygens (including phenoxy) is 1. The van der Waals surface area contributed by atoms with Crippen molar-refractivity contribution < 1.29 is 4.74 Å². The molecule has 0 saturated carbocycles. The highest BCUT2D eigenvalue weighted by atomic mass is 16.5. The number of hydrogen-bond donors (Lipinski definition) is 2. The summed E-state index contributed by atoms with van der Waals surface area (Å²) in [6.07, 6.45) is 0. The topological polar surface area (TPSA) is 90.2 Å². The third-order valence-electron chi connectivity index (χ3n) is 2.40. The second-order valence-corrected chi connectivity index (χ2v) is 3.79. The maximum Gasteiger partial charge on any atom is 0.346 e. The van der Waals surface area contributed by atoms with Gasteiger partial charge >= 0.3 is 5.69 Å². The Balaban J connectivity index is 2.53. The molecule has 0 spiro atoms. The molecule has 0 radical (unpaired) electrons. The predicted molar refractivity (Wildman–Crippen MR) is 68.0 cm³/mol. The summed E-state index contributed by atoms with van der Waals surface area (Å²) >= 11 is 0. The number of anilines is 1. The van der Waals surface area contributed by atoms with E-state index in [-0.39, 0.29) is 5.82 Å². The van der Waals surface area contributed by atoms with Crippen molar-refractivity contribution in [2.45, 2.75) is 0 Å². The zero-order valence-electron chi connectivity index (χ0n) is 10.9. The van der Waals surface area contributed by atoms with Crippen LogP contribution in [0.1, 0.15) is 0 Å². The first-order valence-electron chi connectivity index (χ1n) is 5.65. The van der Waals surface area contributed by atoms with Crippen LogP contribution in [0.5, 0.6) is 0 Å². The third kappa shape index (κ3) is 3.67. The summed E-state index contributed by atoms with van der Waals surface area (Å²) < 4.78 is 7.03. The van der Waals surface area contributed by atoms with Crippen molar-refractivity contribution in [3.8, 4) is 0 Å². The number of methoxy groups -OCH3 is 1. The van der Waals surface area contributed by atoms with Gasteiger partial charge in [-0.15, -0.1) is 5.10 Å². The maximum absolute atomic E-state index is 11.7. The van der Waals surface area contributed by atoms with Crippen molar-refractivity contribution in [1.82, 2.24) is 19.7 Å². The Morgan fingerprint density at radius 3 is 2.61 bits per heavy atom. The van der Waals surface area contributed by atoms with Crippen LogP contribution in [0.15, 0.2) is 9.59 Å². The first kappa shape index (κ1) is 14.4. The van der Waals surface area contributed by atoms with Gasteiger partial charge in [0.1, 0.15) is 0 Å². The molecule has 0 saturated heterocycles. The fraction of sp³-hybridized carbons (Fsp3) is 0.700. The Kier molecular flexibility index (Phi) is 5.53. The monoisotopic (exact) mass is 257 g/mol. The van der Waals surface area contributed by atoms with Gasteiger partial charge in [-0.2, -0.15) is 0 Å². The SMILES string of the molecule is COCCNCCNc1nn(C)c(=O)n(C)c1=O. The lowest BCUT2D eigenvalue weighted by Crippen LogP contribution is -2.40. The third-order valence-corrected chi connectivity index (χ3v) is 2.40. The lowest BCUT2D eigenvalue weighted by molar-refractivity contribution is 0.200. The van der Waals surface area contributed by atoms with Crippen LogP contribution in [0.2, 0.25) is 0 Å². The molecular formula is C10H19N5O3. The number of aromatic nitrogens is 3. The molecule has 0 aliphatic rings. The Hall–Kier alpha value is -1.67. The summed E-state index contributed by atoms with van der Waals surface area (Å²) in [5.74, 6) is 0.174. The van der Waals surface area contributed by atoms with Crippen LogP contribution in [0.25, 0.3) is 0 Å². The van der Waals surface area contributed by atoms with E-state index in [0.717, 1.165) is 15.8 Å². The normalized spacial score (nSPS) is 10.6. The zero-order valence-corrected chi connectivity index (χ0v) is 10.9. The molecule has 0 aliphatic carbocycles. The summed E-state index contributed by atoms with van der Waals surface area (Å²) in [5.41, 5.74) is -0.862. The van der Waals surface area contributed by atoms with Crippen molar-refractivity contribution in [2.75, 3.05) is 38.7 Å². The smallest absolute Gasteiger partial charge is 0.346 e. The standard InChI is InChI=1S/C10H19N5O3/c1-14-9(16)8(13-15(2)10(14)17)12-5-4-11-6-7-18-3/h11H,4-7H2,1-3H3,(H,12,13). The van der Waals surface area contributed by atoms with Gasteiger partial charge in [-0.1, -0.05) is 0 Å². The van der Waals surface area contributed by atoms with Gasteiger partial charge in [0, 0.05) is 40.8 Å². The highest BCUT2D eigenvalue weighted by Crippen LogP contribution is 1.87. The molecule has 1 rings (SSSR count). The predicted octanol–water partition coefficient (Wildman–Crippen LogP) is -1.87. The van der Waals surface area contributed by atoms with Crippen molar-refractivity contribution in [1.29, 1.82) is 0 Å². The van der Waals surface area contributed by atoms with E-state index in [0.29, 0.717) is 19.7 Å². The van der Waals surface area contributed by atoms with E-state index in [9.17, 15) is 9.59 Å². The molecule has 0 amide bonds. The van der Waals surface area contributed by atoms with Crippen LogP contribution in [0.4, 0.5) is 5.82 Å². The quantitative estimate of drug-likeness (QED) is 0.556. The van der Waals surface area contributed by atoms with Crippen molar-refractivity contribution in [3.05, 3.63) is 20.8 Å². The van der Waals surface area contributed by atoms with Gasteiger partial charge in [0.25, 0.3) is 5.56 Å². The van der Waals surface area contributed by atoms with E-state index in [4.69, 9.17) is 4.74 Å². The molecule has 1 aromatic heterocycles. The van der Waals surface area contributed by atoms with Crippen LogP contribution < -0.4 is 21.9 Å². The van der Waals surface area contributed by atoms with Gasteiger partial charge in [0.2, 0.25) is 5.82 Å². The van der Waals surface area contributed by atoms with Gasteiger partial charge in [-0.05, 0) is 0 Å². The van der Waals surface area contributed by atoms with Crippen molar-refractivity contribution in [2.24, 2.45) is 14.1 Å². The highest BCUT2D eigenvalue weighted by Gasteiger charge is 2.07. The minimum atomic E-state index is -0.441. The van der Waals surface area contributed by atoms with Crippen LogP contribution in [-0.2, 0) is 18.8 Å². The zero-order chi connectivity index (χ0) is 13.5. The van der Waals surface area contributed by atoms with Crippen LogP contribution >= 0.6 is 0 Å². The van der Waals surface area contributed by atoms with Crippen LogP contribution in [-0.4, -0.2) is 47.7 Å². The first-order valence-corrected chi connectivity index (χ1v) is 5.65. The van der Waals surface area contributed by atoms with Crippen molar-refractivity contribution in [3.63, 3.8) is 0 Å². The molecule has 0 aliphatic heterocycles. The second-order valence-electron chi connectivity index (χ2n) is 3.79. The number of aryl methyl sites for hydroxylation is 1. The molecule has 0 unspecified atom stereocenters. The molecule has 102 valence electrons. The molecule has 0 aromatic carbocycles. The van der Waals surface area contributed by atoms with E-state index >= 15 is 0 Å². The second kappa shape index (κ2) is 6.92. The Bertz CT molecular complexity index is 493. The highest BCUT2D eigenvalue weighted by molar-refractivity contribution is 5.29. The minimum absolute atomic E-state index is 0.174. The fourth-order valence-corrected chi connectivity index (χ4v) is 1.38. The van der Waals surface area contributed by atoms with E-state index in [1.54, 1.807) is 7.11 Å². The number of rotatable bonds is 7. The van der Waals surface area contributed by atoms with Gasteiger partial charge in [-0.3, -0.25) is 9.36 Å². The van der Waals surface area contributed by atoms with E-state index in [1.807, 2.05) is 0 Å². The molecule has 8 heteroatoms. The van der Waals surface area contributed by atoms with E-state index < -0.39 is 11.2 Å². The maximum atomic E-state index is 11.7. The molecule has 2 N–H and O–H groups in total. The summed E-state index contributed by atoms with van der Waals surface area (Å²) in [6, 6.07) is 0. The summed E-state index contributed by atoms with van der Waals surface area (Å²) in [7, 11) is 4.57. The Morgan fingerprint density at radius 1 is 1.22 bits per heavy atom. The molecule has 8 nitrogen and oxygen atoms in total. The average molecular weight is 257 g/mol. The average Bonchev–Trinajstić information content (AvgIpc) is 2.37. The van der Waals surface area contributed by atoms with E-state index in [2.05, 4.69) is 15.7 Å². The van der Waals surface area contributed by atoms with Gasteiger partial charge in [-0.25, -0.2) is 9.48 Å². The molecule has 1 heterocycles.